The molecule has 0 heterocycles. The standard InChI is InChI=1S/C11H20N2O3/c1-11(2)5-7(11)6-13-10(16)8(12)3-4-9(14)15/h7-8H,3-6,12H2,1-2H3,(H,13,16)(H,14,15). The van der Waals surface area contributed by atoms with Crippen LogP contribution in [-0.2, 0) is 9.59 Å². The van der Waals surface area contributed by atoms with E-state index in [-0.39, 0.29) is 18.7 Å². The van der Waals surface area contributed by atoms with Gasteiger partial charge in [0.15, 0.2) is 0 Å². The summed E-state index contributed by atoms with van der Waals surface area (Å²) < 4.78 is 0. The van der Waals surface area contributed by atoms with E-state index >= 15 is 0 Å². The Labute approximate surface area is 95.4 Å². The molecule has 1 amide bonds. The summed E-state index contributed by atoms with van der Waals surface area (Å²) in [4.78, 5) is 21.8. The molecule has 16 heavy (non-hydrogen) atoms. The number of hydrogen-bond acceptors (Lipinski definition) is 3. The molecule has 0 aromatic rings. The maximum Gasteiger partial charge on any atom is 0.303 e. The van der Waals surface area contributed by atoms with Crippen molar-refractivity contribution < 1.29 is 14.7 Å². The minimum atomic E-state index is -0.924. The second-order valence-corrected chi connectivity index (χ2v) is 5.17. The average Bonchev–Trinajstić information content (AvgIpc) is 2.79. The van der Waals surface area contributed by atoms with E-state index in [2.05, 4.69) is 19.2 Å². The third-order valence-electron chi connectivity index (χ3n) is 3.25. The van der Waals surface area contributed by atoms with Gasteiger partial charge in [-0.2, -0.15) is 0 Å². The lowest BCUT2D eigenvalue weighted by Crippen LogP contribution is -2.41. The van der Waals surface area contributed by atoms with Crippen LogP contribution in [0.25, 0.3) is 0 Å². The summed E-state index contributed by atoms with van der Waals surface area (Å²) >= 11 is 0. The molecule has 0 radical (unpaired) electrons. The first-order chi connectivity index (χ1) is 7.33. The number of carbonyl (C=O) groups excluding carboxylic acids is 1. The molecule has 1 aliphatic rings. The van der Waals surface area contributed by atoms with Crippen molar-refractivity contribution in [2.24, 2.45) is 17.1 Å². The van der Waals surface area contributed by atoms with E-state index in [0.29, 0.717) is 17.9 Å². The zero-order valence-electron chi connectivity index (χ0n) is 9.82. The van der Waals surface area contributed by atoms with Gasteiger partial charge in [0.2, 0.25) is 5.91 Å². The number of hydrogen-bond donors (Lipinski definition) is 3. The van der Waals surface area contributed by atoms with Crippen LogP contribution in [-0.4, -0.2) is 29.6 Å². The highest BCUT2D eigenvalue weighted by Crippen LogP contribution is 2.50. The van der Waals surface area contributed by atoms with Crippen LogP contribution in [0, 0.1) is 11.3 Å². The van der Waals surface area contributed by atoms with Crippen LogP contribution in [0.5, 0.6) is 0 Å². The van der Waals surface area contributed by atoms with Crippen molar-refractivity contribution in [1.82, 2.24) is 5.32 Å². The Balaban J connectivity index is 2.17. The number of nitrogens with one attached hydrogen (secondary N) is 1. The molecular formula is C11H20N2O3. The molecule has 0 aliphatic heterocycles. The van der Waals surface area contributed by atoms with Gasteiger partial charge in [-0.1, -0.05) is 13.8 Å². The highest BCUT2D eigenvalue weighted by Gasteiger charge is 2.45. The first-order valence-corrected chi connectivity index (χ1v) is 5.58. The maximum atomic E-state index is 11.5. The summed E-state index contributed by atoms with van der Waals surface area (Å²) in [6.45, 7) is 4.97. The zero-order chi connectivity index (χ0) is 12.3. The van der Waals surface area contributed by atoms with Crippen LogP contribution < -0.4 is 11.1 Å². The molecule has 0 spiro atoms. The molecule has 1 fully saturated rings. The Hall–Kier alpha value is -1.10. The van der Waals surface area contributed by atoms with Crippen molar-refractivity contribution in [3.63, 3.8) is 0 Å². The first kappa shape index (κ1) is 13.0. The first-order valence-electron chi connectivity index (χ1n) is 5.58. The minimum Gasteiger partial charge on any atom is -0.481 e. The van der Waals surface area contributed by atoms with Crippen LogP contribution in [0.2, 0.25) is 0 Å². The Bertz CT molecular complexity index is 289. The fourth-order valence-electron chi connectivity index (χ4n) is 1.69. The monoisotopic (exact) mass is 228 g/mol. The lowest BCUT2D eigenvalue weighted by atomic mass is 10.1. The fraction of sp³-hybridized carbons (Fsp3) is 0.818. The number of nitrogens with two attached hydrogens (primary N) is 1. The van der Waals surface area contributed by atoms with E-state index in [1.807, 2.05) is 0 Å². The average molecular weight is 228 g/mol. The molecule has 0 bridgehead atoms. The Kier molecular flexibility index (Phi) is 3.91. The van der Waals surface area contributed by atoms with Crippen molar-refractivity contribution in [2.45, 2.75) is 39.2 Å². The van der Waals surface area contributed by atoms with Crippen LogP contribution >= 0.6 is 0 Å². The molecular weight excluding hydrogens is 208 g/mol. The summed E-state index contributed by atoms with van der Waals surface area (Å²) in [7, 11) is 0. The number of carboxylic acid groups (broad SMARTS) is 1. The number of rotatable bonds is 6. The molecule has 0 aromatic carbocycles. The third-order valence-corrected chi connectivity index (χ3v) is 3.25. The van der Waals surface area contributed by atoms with Crippen molar-refractivity contribution in [3.05, 3.63) is 0 Å². The van der Waals surface area contributed by atoms with Gasteiger partial charge in [-0.15, -0.1) is 0 Å². The molecule has 1 rings (SSSR count). The summed E-state index contributed by atoms with van der Waals surface area (Å²) in [6.07, 6.45) is 1.25. The minimum absolute atomic E-state index is 0.0660. The Morgan fingerprint density at radius 3 is 2.56 bits per heavy atom. The third kappa shape index (κ3) is 3.81. The fourth-order valence-corrected chi connectivity index (χ4v) is 1.69. The second-order valence-electron chi connectivity index (χ2n) is 5.17. The van der Waals surface area contributed by atoms with E-state index in [0.717, 1.165) is 6.42 Å². The molecule has 5 nitrogen and oxygen atoms in total. The molecule has 1 aliphatic carbocycles. The van der Waals surface area contributed by atoms with Crippen LogP contribution in [0.15, 0.2) is 0 Å². The highest BCUT2D eigenvalue weighted by molar-refractivity contribution is 5.82. The van der Waals surface area contributed by atoms with E-state index in [4.69, 9.17) is 10.8 Å². The number of carboxylic acids is 1. The topological polar surface area (TPSA) is 92.4 Å². The van der Waals surface area contributed by atoms with Gasteiger partial charge in [0.25, 0.3) is 0 Å². The van der Waals surface area contributed by atoms with Gasteiger partial charge in [0, 0.05) is 13.0 Å². The number of carbonyl (C=O) groups is 2. The van der Waals surface area contributed by atoms with Gasteiger partial charge in [-0.05, 0) is 24.2 Å². The van der Waals surface area contributed by atoms with E-state index in [9.17, 15) is 9.59 Å². The van der Waals surface area contributed by atoms with E-state index in [1.54, 1.807) is 0 Å². The van der Waals surface area contributed by atoms with Gasteiger partial charge >= 0.3 is 5.97 Å². The number of aliphatic carboxylic acids is 1. The summed E-state index contributed by atoms with van der Waals surface area (Å²) in [5.41, 5.74) is 5.90. The SMILES string of the molecule is CC1(C)CC1CNC(=O)C(N)CCC(=O)O. The quantitative estimate of drug-likeness (QED) is 0.611. The lowest BCUT2D eigenvalue weighted by Gasteiger charge is -2.11. The molecule has 0 saturated heterocycles. The smallest absolute Gasteiger partial charge is 0.303 e. The Morgan fingerprint density at radius 2 is 2.12 bits per heavy atom. The molecule has 1 saturated carbocycles. The molecule has 5 heteroatoms. The molecule has 2 atom stereocenters. The van der Waals surface area contributed by atoms with Gasteiger partial charge in [0.1, 0.15) is 0 Å². The van der Waals surface area contributed by atoms with Crippen LogP contribution in [0.3, 0.4) is 0 Å². The van der Waals surface area contributed by atoms with Crippen molar-refractivity contribution in [2.75, 3.05) is 6.54 Å². The van der Waals surface area contributed by atoms with E-state index in [1.165, 1.54) is 0 Å². The predicted molar refractivity (Wildman–Crippen MR) is 59.7 cm³/mol. The Morgan fingerprint density at radius 1 is 1.56 bits per heavy atom. The van der Waals surface area contributed by atoms with Crippen molar-refractivity contribution in [3.8, 4) is 0 Å². The molecule has 92 valence electrons. The van der Waals surface area contributed by atoms with E-state index < -0.39 is 12.0 Å². The molecule has 2 unspecified atom stereocenters. The zero-order valence-corrected chi connectivity index (χ0v) is 9.82. The lowest BCUT2D eigenvalue weighted by molar-refractivity contribution is -0.137. The number of amides is 1. The van der Waals surface area contributed by atoms with Crippen molar-refractivity contribution >= 4 is 11.9 Å². The van der Waals surface area contributed by atoms with Crippen LogP contribution in [0.1, 0.15) is 33.1 Å². The van der Waals surface area contributed by atoms with Crippen molar-refractivity contribution in [1.29, 1.82) is 0 Å². The summed E-state index contributed by atoms with van der Waals surface area (Å²) in [6, 6.07) is -0.710. The normalized spacial score (nSPS) is 23.6. The summed E-state index contributed by atoms with van der Waals surface area (Å²) in [5, 5.41) is 11.2. The largest absolute Gasteiger partial charge is 0.481 e. The van der Waals surface area contributed by atoms with Gasteiger partial charge in [-0.25, -0.2) is 0 Å². The predicted octanol–water partition coefficient (Wildman–Crippen LogP) is 0.341. The second kappa shape index (κ2) is 4.82. The molecule has 0 aromatic heterocycles. The maximum absolute atomic E-state index is 11.5. The molecule has 4 N–H and O–H groups in total. The summed E-state index contributed by atoms with van der Waals surface area (Å²) in [5.74, 6) is -0.640. The van der Waals surface area contributed by atoms with Gasteiger partial charge in [-0.3, -0.25) is 9.59 Å². The highest BCUT2D eigenvalue weighted by atomic mass is 16.4. The van der Waals surface area contributed by atoms with Gasteiger partial charge < -0.3 is 16.2 Å². The van der Waals surface area contributed by atoms with Crippen LogP contribution in [0.4, 0.5) is 0 Å². The van der Waals surface area contributed by atoms with Gasteiger partial charge in [0.05, 0.1) is 6.04 Å².